The molecule has 0 radical (unpaired) electrons. The molecule has 10 heteroatoms. The third kappa shape index (κ3) is 4.99. The minimum atomic E-state index is -3.75. The van der Waals surface area contributed by atoms with Crippen LogP contribution in [0.2, 0.25) is 10.0 Å². The highest BCUT2D eigenvalue weighted by molar-refractivity contribution is 8.04. The van der Waals surface area contributed by atoms with Gasteiger partial charge in [0.05, 0.1) is 34.0 Å². The molecule has 0 fully saturated rings. The van der Waals surface area contributed by atoms with Gasteiger partial charge in [0, 0.05) is 20.5 Å². The first-order valence-electron chi connectivity index (χ1n) is 9.62. The van der Waals surface area contributed by atoms with Gasteiger partial charge in [-0.25, -0.2) is 8.42 Å². The molecule has 0 unspecified atom stereocenters. The summed E-state index contributed by atoms with van der Waals surface area (Å²) in [5.74, 6) is -0.143. The van der Waals surface area contributed by atoms with E-state index in [2.05, 4.69) is 5.32 Å². The Morgan fingerprint density at radius 3 is 2.48 bits per heavy atom. The van der Waals surface area contributed by atoms with Gasteiger partial charge in [-0.15, -0.1) is 0 Å². The molecule has 0 bridgehead atoms. The second-order valence-electron chi connectivity index (χ2n) is 7.18. The van der Waals surface area contributed by atoms with E-state index >= 15 is 0 Å². The number of benzene rings is 3. The molecule has 1 aliphatic rings. The Morgan fingerprint density at radius 1 is 1.09 bits per heavy atom. The Morgan fingerprint density at radius 2 is 1.82 bits per heavy atom. The molecule has 170 valence electrons. The molecule has 0 aliphatic carbocycles. The number of amides is 1. The summed E-state index contributed by atoms with van der Waals surface area (Å²) < 4.78 is 31.1. The van der Waals surface area contributed by atoms with Crippen molar-refractivity contribution >= 4 is 68.2 Å². The van der Waals surface area contributed by atoms with Gasteiger partial charge in [-0.2, -0.15) is 0 Å². The molecule has 3 aromatic carbocycles. The van der Waals surface area contributed by atoms with Crippen LogP contribution in [-0.4, -0.2) is 21.4 Å². The van der Waals surface area contributed by atoms with Crippen molar-refractivity contribution in [3.8, 4) is 5.75 Å². The molecule has 4 rings (SSSR count). The van der Waals surface area contributed by atoms with Crippen LogP contribution in [-0.2, 0) is 20.4 Å². The van der Waals surface area contributed by atoms with E-state index in [1.807, 2.05) is 0 Å². The van der Waals surface area contributed by atoms with Crippen molar-refractivity contribution in [2.45, 2.75) is 15.5 Å². The van der Waals surface area contributed by atoms with Gasteiger partial charge in [-0.3, -0.25) is 4.79 Å². The third-order valence-corrected chi connectivity index (χ3v) is 8.40. The molecule has 0 spiro atoms. The molecular formula is C23H18Cl2N2O4S2. The number of hydrogen-bond acceptors (Lipinski definition) is 6. The van der Waals surface area contributed by atoms with E-state index in [1.54, 1.807) is 48.5 Å². The molecular weight excluding hydrogens is 503 g/mol. The number of methoxy groups -OCH3 is 1. The monoisotopic (exact) mass is 520 g/mol. The fourth-order valence-electron chi connectivity index (χ4n) is 3.27. The van der Waals surface area contributed by atoms with Crippen molar-refractivity contribution in [1.29, 1.82) is 0 Å². The van der Waals surface area contributed by atoms with Crippen LogP contribution in [0.3, 0.4) is 0 Å². The van der Waals surface area contributed by atoms with Gasteiger partial charge in [0.15, 0.2) is 9.84 Å². The lowest BCUT2D eigenvalue weighted by Gasteiger charge is -2.20. The number of hydrogen-bond donors (Lipinski definition) is 2. The molecule has 0 aromatic heterocycles. The highest BCUT2D eigenvalue weighted by atomic mass is 35.5. The van der Waals surface area contributed by atoms with E-state index in [-0.39, 0.29) is 26.6 Å². The molecule has 3 aromatic rings. The second-order valence-corrected chi connectivity index (χ2v) is 11.1. The zero-order valence-corrected chi connectivity index (χ0v) is 20.4. The van der Waals surface area contributed by atoms with Crippen LogP contribution in [0.25, 0.3) is 6.08 Å². The quantitative estimate of drug-likeness (QED) is 0.333. The molecule has 0 saturated heterocycles. The summed E-state index contributed by atoms with van der Waals surface area (Å²) in [6, 6.07) is 14.7. The molecule has 0 atom stereocenters. The largest absolute Gasteiger partial charge is 0.495 e. The Hall–Kier alpha value is -2.65. The lowest BCUT2D eigenvalue weighted by Crippen LogP contribution is -2.18. The van der Waals surface area contributed by atoms with E-state index in [4.69, 9.17) is 33.7 Å². The number of carbonyl (C=O) groups excluding carboxylic acids is 1. The highest BCUT2D eigenvalue weighted by Crippen LogP contribution is 2.41. The smallest absolute Gasteiger partial charge is 0.262 e. The van der Waals surface area contributed by atoms with Crippen molar-refractivity contribution in [3.05, 3.63) is 80.7 Å². The average Bonchev–Trinajstić information content (AvgIpc) is 2.77. The molecule has 6 nitrogen and oxygen atoms in total. The highest BCUT2D eigenvalue weighted by Gasteiger charge is 2.25. The number of fused-ring (bicyclic) bond motifs is 1. The van der Waals surface area contributed by atoms with Crippen LogP contribution in [0.4, 0.5) is 11.4 Å². The number of nitrogens with one attached hydrogen (secondary N) is 1. The predicted molar refractivity (Wildman–Crippen MR) is 134 cm³/mol. The van der Waals surface area contributed by atoms with Gasteiger partial charge < -0.3 is 15.8 Å². The van der Waals surface area contributed by atoms with Crippen molar-refractivity contribution in [2.75, 3.05) is 18.2 Å². The van der Waals surface area contributed by atoms with Crippen LogP contribution in [0.15, 0.2) is 69.3 Å². The number of anilines is 2. The van der Waals surface area contributed by atoms with Crippen LogP contribution in [0.1, 0.15) is 11.1 Å². The van der Waals surface area contributed by atoms with E-state index < -0.39 is 9.84 Å². The Balaban J connectivity index is 1.61. The maximum atomic E-state index is 13.0. The van der Waals surface area contributed by atoms with Gasteiger partial charge in [0.25, 0.3) is 5.91 Å². The standard InChI is InChI=1S/C23H18Cl2N2O4S2/c1-31-20-7-5-13(9-18(20)26)10-22-23(28)27-19-11-14(6-8-21(19)32-22)33(29,30)12-15-16(24)3-2-4-17(15)25/h2-11H,12,26H2,1H3,(H,27,28). The summed E-state index contributed by atoms with van der Waals surface area (Å²) in [7, 11) is -2.22. The zero-order chi connectivity index (χ0) is 23.8. The molecule has 1 aliphatic heterocycles. The SMILES string of the molecule is COc1ccc(C=C2Sc3ccc(S(=O)(=O)Cc4c(Cl)cccc4Cl)cc3NC2=O)cc1N. The Kier molecular flexibility index (Phi) is 6.63. The van der Waals surface area contributed by atoms with Gasteiger partial charge in [0.1, 0.15) is 5.75 Å². The van der Waals surface area contributed by atoms with Crippen molar-refractivity contribution in [1.82, 2.24) is 0 Å². The topological polar surface area (TPSA) is 98.5 Å². The number of ether oxygens (including phenoxy) is 1. The van der Waals surface area contributed by atoms with Crippen LogP contribution >= 0.6 is 35.0 Å². The summed E-state index contributed by atoms with van der Waals surface area (Å²) in [4.78, 5) is 13.9. The lowest BCUT2D eigenvalue weighted by molar-refractivity contribution is -0.112. The molecule has 33 heavy (non-hydrogen) atoms. The minimum absolute atomic E-state index is 0.0634. The summed E-state index contributed by atoms with van der Waals surface area (Å²) in [5.41, 5.74) is 7.90. The van der Waals surface area contributed by atoms with E-state index in [0.717, 1.165) is 10.5 Å². The average molecular weight is 521 g/mol. The number of rotatable bonds is 5. The Bertz CT molecular complexity index is 1390. The van der Waals surface area contributed by atoms with Gasteiger partial charge in [-0.1, -0.05) is 47.1 Å². The van der Waals surface area contributed by atoms with Crippen LogP contribution in [0, 0.1) is 0 Å². The number of thioether (sulfide) groups is 1. The summed E-state index contributed by atoms with van der Waals surface area (Å²) in [6.45, 7) is 0. The van der Waals surface area contributed by atoms with Crippen molar-refractivity contribution in [3.63, 3.8) is 0 Å². The second kappa shape index (κ2) is 9.30. The maximum Gasteiger partial charge on any atom is 0.262 e. The van der Waals surface area contributed by atoms with Crippen molar-refractivity contribution in [2.24, 2.45) is 0 Å². The first kappa shape index (κ1) is 23.5. The summed E-state index contributed by atoms with van der Waals surface area (Å²) >= 11 is 13.5. The lowest BCUT2D eigenvalue weighted by atomic mass is 10.1. The molecule has 3 N–H and O–H groups in total. The van der Waals surface area contributed by atoms with Gasteiger partial charge in [-0.05, 0) is 54.1 Å². The molecule has 1 heterocycles. The minimum Gasteiger partial charge on any atom is -0.495 e. The molecule has 0 saturated carbocycles. The number of nitrogen functional groups attached to an aromatic ring is 1. The fraction of sp³-hybridized carbons (Fsp3) is 0.0870. The number of halogens is 2. The van der Waals surface area contributed by atoms with E-state index in [1.165, 1.54) is 31.0 Å². The summed E-state index contributed by atoms with van der Waals surface area (Å²) in [5, 5.41) is 3.32. The van der Waals surface area contributed by atoms with Crippen molar-refractivity contribution < 1.29 is 17.9 Å². The normalized spacial score (nSPS) is 14.6. The maximum absolute atomic E-state index is 13.0. The van der Waals surface area contributed by atoms with E-state index in [9.17, 15) is 13.2 Å². The number of sulfone groups is 1. The summed E-state index contributed by atoms with van der Waals surface area (Å²) in [6.07, 6.45) is 1.71. The predicted octanol–water partition coefficient (Wildman–Crippen LogP) is 5.64. The number of nitrogens with two attached hydrogens (primary N) is 1. The fourth-order valence-corrected chi connectivity index (χ4v) is 6.32. The first-order valence-corrected chi connectivity index (χ1v) is 12.8. The van der Waals surface area contributed by atoms with Gasteiger partial charge in [0.2, 0.25) is 0 Å². The van der Waals surface area contributed by atoms with E-state index in [0.29, 0.717) is 27.6 Å². The third-order valence-electron chi connectivity index (χ3n) is 4.95. The Labute approximate surface area is 205 Å². The van der Waals surface area contributed by atoms with Crippen LogP contribution < -0.4 is 15.8 Å². The van der Waals surface area contributed by atoms with Gasteiger partial charge >= 0.3 is 0 Å². The number of carbonyl (C=O) groups is 1. The zero-order valence-electron chi connectivity index (χ0n) is 17.3. The molecule has 1 amide bonds. The first-order chi connectivity index (χ1) is 15.7. The van der Waals surface area contributed by atoms with Crippen LogP contribution in [0.5, 0.6) is 5.75 Å².